The van der Waals surface area contributed by atoms with Crippen molar-refractivity contribution in [2.45, 2.75) is 31.7 Å². The second-order valence-corrected chi connectivity index (χ2v) is 5.10. The molecule has 0 saturated carbocycles. The van der Waals surface area contributed by atoms with Gasteiger partial charge in [-0.1, -0.05) is 0 Å². The molecule has 1 heterocycles. The Morgan fingerprint density at radius 3 is 2.88 bits per heavy atom. The van der Waals surface area contributed by atoms with Crippen molar-refractivity contribution in [3.63, 3.8) is 0 Å². The second-order valence-electron chi connectivity index (χ2n) is 3.89. The lowest BCUT2D eigenvalue weighted by Gasteiger charge is -2.14. The van der Waals surface area contributed by atoms with Crippen molar-refractivity contribution in [2.24, 2.45) is 0 Å². The zero-order valence-electron chi connectivity index (χ0n) is 9.65. The summed E-state index contributed by atoms with van der Waals surface area (Å²) in [5.41, 5.74) is 0.968. The Kier molecular flexibility index (Phi) is 6.96. The van der Waals surface area contributed by atoms with E-state index in [1.807, 2.05) is 5.38 Å². The predicted molar refractivity (Wildman–Crippen MR) is 68.9 cm³/mol. The van der Waals surface area contributed by atoms with Gasteiger partial charge < -0.3 is 5.11 Å². The van der Waals surface area contributed by atoms with Crippen LogP contribution in [0.15, 0.2) is 5.38 Å². The highest BCUT2D eigenvalue weighted by atomic mass is 35.5. The third kappa shape index (κ3) is 5.25. The number of thiazole rings is 1. The van der Waals surface area contributed by atoms with Gasteiger partial charge in [0.25, 0.3) is 0 Å². The van der Waals surface area contributed by atoms with Crippen LogP contribution in [-0.2, 0) is 12.4 Å². The lowest BCUT2D eigenvalue weighted by Crippen LogP contribution is -2.19. The van der Waals surface area contributed by atoms with Gasteiger partial charge in [-0.2, -0.15) is 0 Å². The number of aliphatic hydroxyl groups excluding tert-OH is 1. The maximum atomic E-state index is 8.66. The van der Waals surface area contributed by atoms with Crippen LogP contribution in [0.5, 0.6) is 0 Å². The van der Waals surface area contributed by atoms with Gasteiger partial charge in [-0.15, -0.1) is 22.9 Å². The lowest BCUT2D eigenvalue weighted by atomic mass is 10.2. The van der Waals surface area contributed by atoms with Gasteiger partial charge in [-0.25, -0.2) is 4.98 Å². The molecule has 16 heavy (non-hydrogen) atoms. The summed E-state index contributed by atoms with van der Waals surface area (Å²) in [7, 11) is 2.10. The zero-order valence-corrected chi connectivity index (χ0v) is 11.2. The van der Waals surface area contributed by atoms with E-state index < -0.39 is 0 Å². The van der Waals surface area contributed by atoms with Crippen molar-refractivity contribution in [3.8, 4) is 0 Å². The Labute approximate surface area is 106 Å². The number of hydrogen-bond donors (Lipinski definition) is 1. The van der Waals surface area contributed by atoms with Crippen molar-refractivity contribution in [3.05, 3.63) is 16.1 Å². The Balaban J connectivity index is 2.20. The molecule has 0 aliphatic carbocycles. The molecule has 0 aromatic carbocycles. The fraction of sp³-hybridized carbons (Fsp3) is 0.727. The molecule has 0 fully saturated rings. The molecule has 0 aliphatic rings. The molecule has 92 valence electrons. The van der Waals surface area contributed by atoms with E-state index in [0.717, 1.165) is 43.1 Å². The van der Waals surface area contributed by atoms with Gasteiger partial charge in [0.2, 0.25) is 0 Å². The first-order chi connectivity index (χ1) is 7.76. The highest BCUT2D eigenvalue weighted by Gasteiger charge is 2.04. The van der Waals surface area contributed by atoms with Crippen LogP contribution in [0.1, 0.15) is 30.0 Å². The zero-order chi connectivity index (χ0) is 11.8. The first-order valence-corrected chi connectivity index (χ1v) is 6.96. The highest BCUT2D eigenvalue weighted by molar-refractivity contribution is 7.09. The maximum Gasteiger partial charge on any atom is 0.107 e. The van der Waals surface area contributed by atoms with E-state index in [2.05, 4.69) is 16.9 Å². The Hall–Kier alpha value is -0.160. The standard InChI is InChI=1S/C11H19ClN2OS/c1-14(5-3-2-4-6-15)8-11-13-10(7-12)9-16-11/h9,15H,2-8H2,1H3. The van der Waals surface area contributed by atoms with Gasteiger partial charge in [0.15, 0.2) is 0 Å². The van der Waals surface area contributed by atoms with Crippen LogP contribution in [0.4, 0.5) is 0 Å². The number of rotatable bonds is 8. The minimum Gasteiger partial charge on any atom is -0.396 e. The summed E-state index contributed by atoms with van der Waals surface area (Å²) in [6.07, 6.45) is 3.12. The molecule has 0 bridgehead atoms. The molecule has 1 rings (SSSR count). The summed E-state index contributed by atoms with van der Waals surface area (Å²) in [6.45, 7) is 2.24. The van der Waals surface area contributed by atoms with Gasteiger partial charge in [-0.3, -0.25) is 4.90 Å². The summed E-state index contributed by atoms with van der Waals surface area (Å²) in [5.74, 6) is 0.497. The largest absolute Gasteiger partial charge is 0.396 e. The van der Waals surface area contributed by atoms with E-state index in [1.165, 1.54) is 0 Å². The first kappa shape index (κ1) is 13.9. The van der Waals surface area contributed by atoms with Crippen molar-refractivity contribution in [2.75, 3.05) is 20.2 Å². The minimum absolute atomic E-state index is 0.301. The maximum absolute atomic E-state index is 8.66. The molecule has 1 aromatic rings. The topological polar surface area (TPSA) is 36.4 Å². The lowest BCUT2D eigenvalue weighted by molar-refractivity contribution is 0.271. The summed E-state index contributed by atoms with van der Waals surface area (Å²) in [6, 6.07) is 0. The van der Waals surface area contributed by atoms with Crippen LogP contribution >= 0.6 is 22.9 Å². The van der Waals surface area contributed by atoms with Crippen molar-refractivity contribution < 1.29 is 5.11 Å². The smallest absolute Gasteiger partial charge is 0.107 e. The molecular weight excluding hydrogens is 244 g/mol. The third-order valence-corrected chi connectivity index (χ3v) is 3.50. The number of aliphatic hydroxyl groups is 1. The minimum atomic E-state index is 0.301. The fourth-order valence-corrected chi connectivity index (χ4v) is 2.56. The summed E-state index contributed by atoms with van der Waals surface area (Å²) >= 11 is 7.37. The van der Waals surface area contributed by atoms with Gasteiger partial charge >= 0.3 is 0 Å². The highest BCUT2D eigenvalue weighted by Crippen LogP contribution is 2.13. The molecule has 0 saturated heterocycles. The molecule has 3 nitrogen and oxygen atoms in total. The number of unbranched alkanes of at least 4 members (excludes halogenated alkanes) is 2. The Morgan fingerprint density at radius 2 is 2.25 bits per heavy atom. The average molecular weight is 263 g/mol. The Morgan fingerprint density at radius 1 is 1.44 bits per heavy atom. The van der Waals surface area contributed by atoms with Crippen molar-refractivity contribution >= 4 is 22.9 Å². The third-order valence-electron chi connectivity index (χ3n) is 2.34. The van der Waals surface area contributed by atoms with Crippen LogP contribution < -0.4 is 0 Å². The van der Waals surface area contributed by atoms with Gasteiger partial charge in [0.1, 0.15) is 5.01 Å². The summed E-state index contributed by atoms with van der Waals surface area (Å²) in [4.78, 5) is 6.68. The molecule has 0 amide bonds. The van der Waals surface area contributed by atoms with Gasteiger partial charge in [-0.05, 0) is 32.9 Å². The van der Waals surface area contributed by atoms with E-state index in [-0.39, 0.29) is 0 Å². The molecular formula is C11H19ClN2OS. The van der Waals surface area contributed by atoms with Crippen LogP contribution in [0.2, 0.25) is 0 Å². The normalized spacial score (nSPS) is 11.2. The van der Waals surface area contributed by atoms with E-state index in [1.54, 1.807) is 11.3 Å². The molecule has 0 spiro atoms. The Bertz CT molecular complexity index is 293. The summed E-state index contributed by atoms with van der Waals surface area (Å²) < 4.78 is 0. The SMILES string of the molecule is CN(CCCCCO)Cc1nc(CCl)cs1. The molecule has 0 radical (unpaired) electrons. The van der Waals surface area contributed by atoms with Crippen LogP contribution in [-0.4, -0.2) is 35.2 Å². The van der Waals surface area contributed by atoms with E-state index in [4.69, 9.17) is 16.7 Å². The van der Waals surface area contributed by atoms with Crippen molar-refractivity contribution in [1.82, 2.24) is 9.88 Å². The number of nitrogens with zero attached hydrogens (tertiary/aromatic N) is 2. The quantitative estimate of drug-likeness (QED) is 0.578. The van der Waals surface area contributed by atoms with E-state index in [9.17, 15) is 0 Å². The van der Waals surface area contributed by atoms with E-state index in [0.29, 0.717) is 12.5 Å². The number of hydrogen-bond acceptors (Lipinski definition) is 4. The average Bonchev–Trinajstić information content (AvgIpc) is 2.72. The van der Waals surface area contributed by atoms with Crippen LogP contribution in [0, 0.1) is 0 Å². The van der Waals surface area contributed by atoms with Gasteiger partial charge in [0, 0.05) is 12.0 Å². The number of halogens is 1. The molecule has 0 unspecified atom stereocenters. The molecule has 5 heteroatoms. The molecule has 0 atom stereocenters. The molecule has 1 aromatic heterocycles. The van der Waals surface area contributed by atoms with E-state index >= 15 is 0 Å². The van der Waals surface area contributed by atoms with Crippen molar-refractivity contribution in [1.29, 1.82) is 0 Å². The summed E-state index contributed by atoms with van der Waals surface area (Å²) in [5, 5.41) is 11.8. The predicted octanol–water partition coefficient (Wildman–Crippen LogP) is 2.48. The van der Waals surface area contributed by atoms with Crippen LogP contribution in [0.3, 0.4) is 0 Å². The van der Waals surface area contributed by atoms with Crippen LogP contribution in [0.25, 0.3) is 0 Å². The first-order valence-electron chi connectivity index (χ1n) is 5.55. The number of alkyl halides is 1. The number of aromatic nitrogens is 1. The van der Waals surface area contributed by atoms with Gasteiger partial charge in [0.05, 0.1) is 18.1 Å². The fourth-order valence-electron chi connectivity index (χ4n) is 1.46. The molecule has 1 N–H and O–H groups in total. The monoisotopic (exact) mass is 262 g/mol. The second kappa shape index (κ2) is 8.01. The molecule has 0 aliphatic heterocycles.